The molecule has 130 valence electrons. The van der Waals surface area contributed by atoms with Gasteiger partial charge in [-0.25, -0.2) is 4.63 Å². The van der Waals surface area contributed by atoms with Gasteiger partial charge in [0.05, 0.1) is 17.2 Å². The van der Waals surface area contributed by atoms with Crippen molar-refractivity contribution in [3.63, 3.8) is 0 Å². The fourth-order valence-electron chi connectivity index (χ4n) is 3.29. The van der Waals surface area contributed by atoms with Crippen molar-refractivity contribution in [3.8, 4) is 0 Å². The molecule has 1 aromatic carbocycles. The molecule has 0 unspecified atom stereocenters. The molecular formula is C15H21N5O4. The maximum absolute atomic E-state index is 11.6. The zero-order valence-electron chi connectivity index (χ0n) is 13.8. The first kappa shape index (κ1) is 16.4. The highest BCUT2D eigenvalue weighted by Gasteiger charge is 2.30. The fraction of sp³-hybridized carbons (Fsp3) is 0.600. The second-order valence-electron chi connectivity index (χ2n) is 6.32. The van der Waals surface area contributed by atoms with Crippen molar-refractivity contribution >= 4 is 28.1 Å². The molecule has 1 fully saturated rings. The van der Waals surface area contributed by atoms with Gasteiger partial charge < -0.3 is 14.9 Å². The van der Waals surface area contributed by atoms with Gasteiger partial charge in [-0.15, -0.1) is 0 Å². The largest absolute Gasteiger partial charge is 0.395 e. The van der Waals surface area contributed by atoms with Crippen molar-refractivity contribution in [3.05, 3.63) is 16.2 Å². The zero-order valence-corrected chi connectivity index (χ0v) is 13.8. The number of anilines is 2. The van der Waals surface area contributed by atoms with E-state index < -0.39 is 4.92 Å². The molecular weight excluding hydrogens is 314 g/mol. The van der Waals surface area contributed by atoms with Gasteiger partial charge in [0.1, 0.15) is 5.69 Å². The summed E-state index contributed by atoms with van der Waals surface area (Å²) >= 11 is 0. The van der Waals surface area contributed by atoms with Crippen LogP contribution in [-0.2, 0) is 0 Å². The van der Waals surface area contributed by atoms with Crippen LogP contribution in [0.25, 0.3) is 11.0 Å². The van der Waals surface area contributed by atoms with Crippen LogP contribution in [0.3, 0.4) is 0 Å². The number of rotatable bonds is 5. The highest BCUT2D eigenvalue weighted by Crippen LogP contribution is 2.40. The Morgan fingerprint density at radius 1 is 1.50 bits per heavy atom. The van der Waals surface area contributed by atoms with E-state index in [-0.39, 0.29) is 24.4 Å². The van der Waals surface area contributed by atoms with Gasteiger partial charge in [-0.05, 0) is 35.1 Å². The average molecular weight is 335 g/mol. The SMILES string of the molecule is C[C@@H]1CCCN(c2cc(N(C)CCO)c([N+](=O)[O-])c3nonc23)C1. The maximum atomic E-state index is 11.6. The topological polar surface area (TPSA) is 109 Å². The summed E-state index contributed by atoms with van der Waals surface area (Å²) in [4.78, 5) is 14.9. The van der Waals surface area contributed by atoms with Crippen LogP contribution in [-0.4, -0.2) is 53.6 Å². The fourth-order valence-corrected chi connectivity index (χ4v) is 3.29. The van der Waals surface area contributed by atoms with Gasteiger partial charge in [0.25, 0.3) is 0 Å². The van der Waals surface area contributed by atoms with Crippen LogP contribution in [0.1, 0.15) is 19.8 Å². The number of nitrogens with zero attached hydrogens (tertiary/aromatic N) is 5. The van der Waals surface area contributed by atoms with E-state index in [1.807, 2.05) is 0 Å². The number of fused-ring (bicyclic) bond motifs is 1. The van der Waals surface area contributed by atoms with E-state index in [0.29, 0.717) is 17.1 Å². The molecule has 0 radical (unpaired) electrons. The lowest BCUT2D eigenvalue weighted by molar-refractivity contribution is -0.382. The van der Waals surface area contributed by atoms with E-state index in [4.69, 9.17) is 4.63 Å². The van der Waals surface area contributed by atoms with Gasteiger partial charge in [-0.2, -0.15) is 0 Å². The molecule has 1 aliphatic rings. The predicted molar refractivity (Wildman–Crippen MR) is 89.4 cm³/mol. The number of nitro benzene ring substituents is 1. The number of aromatic nitrogens is 2. The van der Waals surface area contributed by atoms with Crippen molar-refractivity contribution in [2.24, 2.45) is 5.92 Å². The van der Waals surface area contributed by atoms with Crippen molar-refractivity contribution in [1.82, 2.24) is 10.3 Å². The summed E-state index contributed by atoms with van der Waals surface area (Å²) in [5.41, 5.74) is 1.62. The third kappa shape index (κ3) is 2.86. The Labute approximate surface area is 138 Å². The number of likely N-dealkylation sites (N-methyl/N-ethyl adjacent to an activating group) is 1. The van der Waals surface area contributed by atoms with Crippen molar-refractivity contribution in [2.45, 2.75) is 19.8 Å². The molecule has 0 saturated carbocycles. The number of aliphatic hydroxyl groups excluding tert-OH is 1. The standard InChI is InChI=1S/C15H21N5O4/c1-10-4-3-5-19(9-10)11-8-12(18(2)6-7-21)15(20(22)23)14-13(11)16-24-17-14/h8,10,21H,3-7,9H2,1-2H3/t10-/m1/s1. The molecule has 1 aliphatic heterocycles. The molecule has 0 spiro atoms. The molecule has 0 aliphatic carbocycles. The van der Waals surface area contributed by atoms with E-state index in [1.54, 1.807) is 18.0 Å². The molecule has 24 heavy (non-hydrogen) atoms. The quantitative estimate of drug-likeness (QED) is 0.651. The van der Waals surface area contributed by atoms with Crippen molar-refractivity contribution < 1.29 is 14.7 Å². The Morgan fingerprint density at radius 2 is 2.25 bits per heavy atom. The van der Waals surface area contributed by atoms with E-state index >= 15 is 0 Å². The lowest BCUT2D eigenvalue weighted by Gasteiger charge is -2.33. The van der Waals surface area contributed by atoms with Crippen LogP contribution < -0.4 is 9.80 Å². The summed E-state index contributed by atoms with van der Waals surface area (Å²) in [6.45, 7) is 4.11. The molecule has 9 nitrogen and oxygen atoms in total. The first-order valence-electron chi connectivity index (χ1n) is 8.03. The second kappa shape index (κ2) is 6.60. The van der Waals surface area contributed by atoms with Crippen LogP contribution in [0, 0.1) is 16.0 Å². The lowest BCUT2D eigenvalue weighted by Crippen LogP contribution is -2.34. The highest BCUT2D eigenvalue weighted by atomic mass is 16.6. The number of nitro groups is 1. The minimum atomic E-state index is -0.474. The average Bonchev–Trinajstić information content (AvgIpc) is 3.02. The molecule has 0 bridgehead atoms. The van der Waals surface area contributed by atoms with Gasteiger partial charge >= 0.3 is 5.69 Å². The van der Waals surface area contributed by atoms with Crippen molar-refractivity contribution in [1.29, 1.82) is 0 Å². The lowest BCUT2D eigenvalue weighted by atomic mass is 9.99. The van der Waals surface area contributed by atoms with Crippen LogP contribution in [0.4, 0.5) is 17.1 Å². The Bertz CT molecular complexity index is 747. The molecule has 1 N–H and O–H groups in total. The molecule has 2 heterocycles. The van der Waals surface area contributed by atoms with Gasteiger partial charge in [0.2, 0.25) is 5.52 Å². The Balaban J connectivity index is 2.17. The summed E-state index contributed by atoms with van der Waals surface area (Å²) in [5.74, 6) is 0.544. The molecule has 1 atom stereocenters. The molecule has 9 heteroatoms. The predicted octanol–water partition coefficient (Wildman–Crippen LogP) is 1.80. The number of piperidine rings is 1. The first-order chi connectivity index (χ1) is 11.5. The normalized spacial score (nSPS) is 18.1. The molecule has 1 saturated heterocycles. The monoisotopic (exact) mass is 335 g/mol. The van der Waals surface area contributed by atoms with Gasteiger partial charge in [0, 0.05) is 26.7 Å². The minimum Gasteiger partial charge on any atom is -0.395 e. The maximum Gasteiger partial charge on any atom is 0.323 e. The zero-order chi connectivity index (χ0) is 17.3. The first-order valence-corrected chi connectivity index (χ1v) is 8.03. The molecule has 1 aromatic heterocycles. The van der Waals surface area contributed by atoms with Gasteiger partial charge in [0.15, 0.2) is 5.52 Å². The third-order valence-electron chi connectivity index (χ3n) is 4.50. The van der Waals surface area contributed by atoms with Gasteiger partial charge in [-0.1, -0.05) is 6.92 Å². The van der Waals surface area contributed by atoms with Crippen molar-refractivity contribution in [2.75, 3.05) is 43.1 Å². The Morgan fingerprint density at radius 3 is 2.92 bits per heavy atom. The van der Waals surface area contributed by atoms with Crippen LogP contribution in [0.15, 0.2) is 10.7 Å². The summed E-state index contributed by atoms with van der Waals surface area (Å²) in [5, 5.41) is 28.4. The van der Waals surface area contributed by atoms with E-state index in [1.165, 1.54) is 6.42 Å². The molecule has 2 aromatic rings. The summed E-state index contributed by atoms with van der Waals surface area (Å²) in [7, 11) is 1.71. The van der Waals surface area contributed by atoms with Crippen LogP contribution >= 0.6 is 0 Å². The Kier molecular flexibility index (Phi) is 4.52. The summed E-state index contributed by atoms with van der Waals surface area (Å²) in [6, 6.07) is 1.76. The van der Waals surface area contributed by atoms with Gasteiger partial charge in [-0.3, -0.25) is 10.1 Å². The third-order valence-corrected chi connectivity index (χ3v) is 4.50. The second-order valence-corrected chi connectivity index (χ2v) is 6.32. The number of hydrogen-bond acceptors (Lipinski definition) is 8. The van der Waals surface area contributed by atoms with E-state index in [2.05, 4.69) is 22.1 Å². The van der Waals surface area contributed by atoms with Crippen LogP contribution in [0.5, 0.6) is 0 Å². The highest BCUT2D eigenvalue weighted by molar-refractivity contribution is 6.00. The summed E-state index contributed by atoms with van der Waals surface area (Å²) in [6.07, 6.45) is 2.23. The minimum absolute atomic E-state index is 0.0984. The number of benzene rings is 1. The van der Waals surface area contributed by atoms with E-state index in [0.717, 1.165) is 25.2 Å². The molecule has 0 amide bonds. The summed E-state index contributed by atoms with van der Waals surface area (Å²) < 4.78 is 4.81. The Hall–Kier alpha value is -2.42. The molecule has 3 rings (SSSR count). The van der Waals surface area contributed by atoms with E-state index in [9.17, 15) is 15.2 Å². The number of aliphatic hydroxyl groups is 1. The van der Waals surface area contributed by atoms with Crippen LogP contribution in [0.2, 0.25) is 0 Å². The number of hydrogen-bond donors (Lipinski definition) is 1. The smallest absolute Gasteiger partial charge is 0.323 e.